The van der Waals surface area contributed by atoms with Gasteiger partial charge in [-0.25, -0.2) is 9.65 Å². The Hall–Kier alpha value is -0.620. The van der Waals surface area contributed by atoms with E-state index >= 15 is 0 Å². The van der Waals surface area contributed by atoms with Gasteiger partial charge in [-0.05, 0) is 24.6 Å². The van der Waals surface area contributed by atoms with Crippen molar-refractivity contribution in [2.75, 3.05) is 0 Å². The van der Waals surface area contributed by atoms with Crippen molar-refractivity contribution in [1.29, 1.82) is 0 Å². The first-order chi connectivity index (χ1) is 5.74. The fraction of sp³-hybridized carbons (Fsp3) is 0.143. The zero-order valence-corrected chi connectivity index (χ0v) is 7.10. The maximum Gasteiger partial charge on any atom is 0.124 e. The molecule has 12 heavy (non-hydrogen) atoms. The molecule has 3 nitrogen and oxygen atoms in total. The molecular weight excluding hydrogens is 183 g/mol. The van der Waals surface area contributed by atoms with Gasteiger partial charge in [0.15, 0.2) is 0 Å². The number of hydrogen-bond donors (Lipinski definition) is 1. The molecule has 0 bridgehead atoms. The van der Waals surface area contributed by atoms with Gasteiger partial charge in [-0.3, -0.25) is 0 Å². The van der Waals surface area contributed by atoms with E-state index in [2.05, 4.69) is 9.37 Å². The highest BCUT2D eigenvalue weighted by Crippen LogP contribution is 2.23. The molecule has 0 amide bonds. The Bertz CT molecular complexity index is 267. The van der Waals surface area contributed by atoms with Crippen LogP contribution in [0, 0.1) is 12.7 Å². The third-order valence-electron chi connectivity index (χ3n) is 1.30. The Kier molecular flexibility index (Phi) is 3.48. The van der Waals surface area contributed by atoms with Gasteiger partial charge in [0.05, 0.1) is 12.0 Å². The standard InChI is InChI=1S/C7H7FO3S/c1-5-2-3-6(8)4-7(5)12-11-10-9/h2-4,9H,1H3. The molecule has 0 atom stereocenters. The maximum absolute atomic E-state index is 12.6. The van der Waals surface area contributed by atoms with Crippen LogP contribution in [0.5, 0.6) is 0 Å². The summed E-state index contributed by atoms with van der Waals surface area (Å²) >= 11 is 0.749. The van der Waals surface area contributed by atoms with Crippen LogP contribution in [-0.4, -0.2) is 5.26 Å². The molecule has 0 unspecified atom stereocenters. The highest BCUT2D eigenvalue weighted by molar-refractivity contribution is 7.94. The first-order valence-corrected chi connectivity index (χ1v) is 3.89. The van der Waals surface area contributed by atoms with Crippen LogP contribution < -0.4 is 0 Å². The molecule has 0 aliphatic heterocycles. The SMILES string of the molecule is Cc1ccc(F)cc1SOOO. The van der Waals surface area contributed by atoms with Crippen molar-refractivity contribution in [2.24, 2.45) is 0 Å². The topological polar surface area (TPSA) is 38.7 Å². The smallest absolute Gasteiger partial charge is 0.124 e. The predicted molar refractivity (Wildman–Crippen MR) is 41.8 cm³/mol. The largest absolute Gasteiger partial charge is 0.220 e. The van der Waals surface area contributed by atoms with Crippen LogP contribution in [0.1, 0.15) is 5.56 Å². The quantitative estimate of drug-likeness (QED) is 0.451. The average Bonchev–Trinajstić information content (AvgIpc) is 2.07. The minimum Gasteiger partial charge on any atom is -0.220 e. The second-order valence-corrected chi connectivity index (χ2v) is 2.88. The fourth-order valence-electron chi connectivity index (χ4n) is 0.716. The van der Waals surface area contributed by atoms with E-state index < -0.39 is 0 Å². The van der Waals surface area contributed by atoms with Crippen molar-refractivity contribution >= 4 is 12.0 Å². The Morgan fingerprint density at radius 1 is 1.50 bits per heavy atom. The molecule has 1 N–H and O–H groups in total. The Balaban J connectivity index is 2.75. The number of hydrogen-bond acceptors (Lipinski definition) is 4. The average molecular weight is 190 g/mol. The molecular formula is C7H7FO3S. The number of benzene rings is 1. The molecule has 66 valence electrons. The molecule has 0 aromatic heterocycles. The summed E-state index contributed by atoms with van der Waals surface area (Å²) in [4.78, 5) is 0.559. The highest BCUT2D eigenvalue weighted by Gasteiger charge is 2.01. The fourth-order valence-corrected chi connectivity index (χ4v) is 1.18. The Morgan fingerprint density at radius 3 is 2.92 bits per heavy atom. The molecule has 5 heteroatoms. The van der Waals surface area contributed by atoms with Gasteiger partial charge in [0, 0.05) is 4.90 Å². The third-order valence-corrected chi connectivity index (χ3v) is 2.05. The summed E-state index contributed by atoms with van der Waals surface area (Å²) in [6.07, 6.45) is 0. The van der Waals surface area contributed by atoms with Gasteiger partial charge in [-0.2, -0.15) is 0 Å². The zero-order chi connectivity index (χ0) is 8.97. The number of aryl methyl sites for hydroxylation is 1. The normalized spacial score (nSPS) is 10.2. The van der Waals surface area contributed by atoms with Crippen LogP contribution in [0.25, 0.3) is 0 Å². The summed E-state index contributed by atoms with van der Waals surface area (Å²) < 4.78 is 16.8. The molecule has 0 radical (unpaired) electrons. The zero-order valence-electron chi connectivity index (χ0n) is 6.28. The lowest BCUT2D eigenvalue weighted by atomic mass is 10.2. The van der Waals surface area contributed by atoms with Gasteiger partial charge >= 0.3 is 0 Å². The summed E-state index contributed by atoms with van der Waals surface area (Å²) in [7, 11) is 0. The number of halogens is 1. The molecule has 0 aliphatic carbocycles. The van der Waals surface area contributed by atoms with Crippen LogP contribution in [0.4, 0.5) is 4.39 Å². The van der Waals surface area contributed by atoms with E-state index in [4.69, 9.17) is 5.26 Å². The van der Waals surface area contributed by atoms with Crippen LogP contribution >= 0.6 is 12.0 Å². The van der Waals surface area contributed by atoms with Crippen molar-refractivity contribution in [2.45, 2.75) is 11.8 Å². The van der Waals surface area contributed by atoms with E-state index in [1.165, 1.54) is 12.1 Å². The van der Waals surface area contributed by atoms with Crippen LogP contribution in [0.2, 0.25) is 0 Å². The van der Waals surface area contributed by atoms with Gasteiger partial charge in [0.2, 0.25) is 0 Å². The second-order valence-electron chi connectivity index (χ2n) is 2.14. The first-order valence-electron chi connectivity index (χ1n) is 3.15. The van der Waals surface area contributed by atoms with Gasteiger partial charge in [-0.15, -0.1) is 4.33 Å². The van der Waals surface area contributed by atoms with E-state index in [9.17, 15) is 4.39 Å². The molecule has 1 aromatic carbocycles. The lowest BCUT2D eigenvalue weighted by Crippen LogP contribution is -1.84. The molecule has 0 saturated heterocycles. The highest BCUT2D eigenvalue weighted by atomic mass is 32.2. The summed E-state index contributed by atoms with van der Waals surface area (Å²) in [6.45, 7) is 1.79. The van der Waals surface area contributed by atoms with Crippen molar-refractivity contribution in [1.82, 2.24) is 0 Å². The first kappa shape index (κ1) is 9.47. The van der Waals surface area contributed by atoms with Gasteiger partial charge < -0.3 is 0 Å². The van der Waals surface area contributed by atoms with Crippen LogP contribution in [0.3, 0.4) is 0 Å². The van der Waals surface area contributed by atoms with Gasteiger partial charge in [0.1, 0.15) is 5.82 Å². The minimum absolute atomic E-state index is 0.357. The van der Waals surface area contributed by atoms with E-state index in [0.29, 0.717) is 4.90 Å². The molecule has 1 rings (SSSR count). The molecule has 0 fully saturated rings. The van der Waals surface area contributed by atoms with Gasteiger partial charge in [-0.1, -0.05) is 11.1 Å². The van der Waals surface area contributed by atoms with Gasteiger partial charge in [0.25, 0.3) is 0 Å². The molecule has 0 heterocycles. The van der Waals surface area contributed by atoms with Crippen LogP contribution in [-0.2, 0) is 9.37 Å². The van der Waals surface area contributed by atoms with E-state index in [1.54, 1.807) is 13.0 Å². The number of rotatable bonds is 3. The summed E-state index contributed by atoms with van der Waals surface area (Å²) in [6, 6.07) is 4.25. The summed E-state index contributed by atoms with van der Waals surface area (Å²) in [5, 5.41) is 11.2. The molecule has 0 aliphatic rings. The van der Waals surface area contributed by atoms with Crippen molar-refractivity contribution in [3.05, 3.63) is 29.6 Å². The summed E-state index contributed by atoms with van der Waals surface area (Å²) in [5.41, 5.74) is 0.846. The monoisotopic (exact) mass is 190 g/mol. The van der Waals surface area contributed by atoms with Crippen molar-refractivity contribution in [3.8, 4) is 0 Å². The third kappa shape index (κ3) is 2.46. The predicted octanol–water partition coefficient (Wildman–Crippen LogP) is 2.56. The Morgan fingerprint density at radius 2 is 2.25 bits per heavy atom. The maximum atomic E-state index is 12.6. The lowest BCUT2D eigenvalue weighted by molar-refractivity contribution is -0.432. The minimum atomic E-state index is -0.357. The Labute approximate surface area is 73.2 Å². The van der Waals surface area contributed by atoms with E-state index in [1.807, 2.05) is 0 Å². The molecule has 0 saturated carbocycles. The van der Waals surface area contributed by atoms with E-state index in [-0.39, 0.29) is 5.82 Å². The lowest BCUT2D eigenvalue weighted by Gasteiger charge is -2.01. The van der Waals surface area contributed by atoms with Crippen LogP contribution in [0.15, 0.2) is 23.1 Å². The summed E-state index contributed by atoms with van der Waals surface area (Å²) in [5.74, 6) is -0.357. The second kappa shape index (κ2) is 4.42. The van der Waals surface area contributed by atoms with E-state index in [0.717, 1.165) is 17.6 Å². The van der Waals surface area contributed by atoms with Crippen molar-refractivity contribution < 1.29 is 19.0 Å². The van der Waals surface area contributed by atoms with Crippen molar-refractivity contribution in [3.63, 3.8) is 0 Å². The molecule has 0 spiro atoms. The molecule has 1 aromatic rings.